The van der Waals surface area contributed by atoms with Gasteiger partial charge in [-0.2, -0.15) is 0 Å². The van der Waals surface area contributed by atoms with Crippen LogP contribution < -0.4 is 14.7 Å². The van der Waals surface area contributed by atoms with Gasteiger partial charge in [-0.25, -0.2) is 0 Å². The van der Waals surface area contributed by atoms with E-state index in [4.69, 9.17) is 14.7 Å². The molecule has 3 N–H and O–H groups in total. The summed E-state index contributed by atoms with van der Waals surface area (Å²) in [4.78, 5) is 52.2. The molecule has 0 aliphatic heterocycles. The fourth-order valence-corrected chi connectivity index (χ4v) is 0. The molecule has 0 aromatic rings. The van der Waals surface area contributed by atoms with Gasteiger partial charge in [0.2, 0.25) is 0 Å². The van der Waals surface area contributed by atoms with Crippen LogP contribution in [-0.4, -0.2) is 50.5 Å². The zero-order chi connectivity index (χ0) is 15.6. The van der Waals surface area contributed by atoms with E-state index in [-0.39, 0.29) is 35.8 Å². The van der Waals surface area contributed by atoms with Crippen LogP contribution in [-0.2, 0) is 13.7 Å². The molecule has 0 spiro atoms. The summed E-state index contributed by atoms with van der Waals surface area (Å²) in [5.41, 5.74) is 0. The number of hydrogen-bond donors (Lipinski definition) is 3. The number of hydrogen-bond acceptors (Lipinski definition) is 6. The number of rotatable bonds is 3. The van der Waals surface area contributed by atoms with Crippen molar-refractivity contribution in [3.8, 4) is 0 Å². The van der Waals surface area contributed by atoms with Gasteiger partial charge in [0.1, 0.15) is 22.8 Å². The standard InChI is InChI=1S/3C2H7O3P.Al/c3*1-2-6(3,4)5;/h3*2H2,1H3,(H2,3,4,5);/q;;;+3/p-3. The first-order chi connectivity index (χ1) is 7.68. The Labute approximate surface area is 123 Å². The first kappa shape index (κ1) is 28.2. The van der Waals surface area contributed by atoms with E-state index in [0.29, 0.717) is 0 Å². The van der Waals surface area contributed by atoms with Crippen molar-refractivity contribution in [3.63, 3.8) is 0 Å². The molecule has 114 valence electrons. The third-order valence-corrected chi connectivity index (χ3v) is 3.60. The van der Waals surface area contributed by atoms with E-state index in [1.165, 1.54) is 20.8 Å². The summed E-state index contributed by atoms with van der Waals surface area (Å²) in [6, 6.07) is 0. The summed E-state index contributed by atoms with van der Waals surface area (Å²) in [6.07, 6.45) is -0.521. The molecule has 0 amide bonds. The molecule has 3 unspecified atom stereocenters. The second-order valence-electron chi connectivity index (χ2n) is 2.86. The summed E-state index contributed by atoms with van der Waals surface area (Å²) in [5.74, 6) is 0. The smallest absolute Gasteiger partial charge is 0.779 e. The maximum atomic E-state index is 9.58. The van der Waals surface area contributed by atoms with Crippen LogP contribution in [0.2, 0.25) is 0 Å². The van der Waals surface area contributed by atoms with Crippen molar-refractivity contribution in [2.24, 2.45) is 0 Å². The van der Waals surface area contributed by atoms with Crippen molar-refractivity contribution >= 4 is 40.1 Å². The molecule has 19 heavy (non-hydrogen) atoms. The minimum atomic E-state index is -3.90. The van der Waals surface area contributed by atoms with E-state index in [9.17, 15) is 28.4 Å². The molecule has 0 radical (unpaired) electrons. The van der Waals surface area contributed by atoms with Crippen LogP contribution >= 0.6 is 22.8 Å². The monoisotopic (exact) mass is 354 g/mol. The average Bonchev–Trinajstić information content (AvgIpc) is 2.16. The van der Waals surface area contributed by atoms with Crippen molar-refractivity contribution in [1.29, 1.82) is 0 Å². The van der Waals surface area contributed by atoms with E-state index in [1.54, 1.807) is 0 Å². The van der Waals surface area contributed by atoms with Gasteiger partial charge in [0.15, 0.2) is 0 Å². The Morgan fingerprint density at radius 2 is 0.737 bits per heavy atom. The molecule has 0 heterocycles. The van der Waals surface area contributed by atoms with E-state index in [2.05, 4.69) is 0 Å². The Morgan fingerprint density at radius 3 is 0.737 bits per heavy atom. The molecule has 0 aromatic heterocycles. The molecular weight excluding hydrogens is 336 g/mol. The van der Waals surface area contributed by atoms with Gasteiger partial charge in [-0.15, -0.1) is 0 Å². The van der Waals surface area contributed by atoms with Gasteiger partial charge >= 0.3 is 17.4 Å². The Hall–Kier alpha value is 0.982. The SMILES string of the molecule is CCP(=O)([O-])O.CCP(=O)([O-])O.CCP(=O)([O-])O.[Al+3]. The third kappa shape index (κ3) is 54.9. The molecule has 13 heteroatoms. The predicted octanol–water partition coefficient (Wildman–Crippen LogP) is -1.72. The predicted molar refractivity (Wildman–Crippen MR) is 66.9 cm³/mol. The van der Waals surface area contributed by atoms with Crippen LogP contribution in [0.15, 0.2) is 0 Å². The van der Waals surface area contributed by atoms with Gasteiger partial charge in [-0.3, -0.25) is 0 Å². The minimum absolute atomic E-state index is 0. The summed E-state index contributed by atoms with van der Waals surface area (Å²) >= 11 is 0. The summed E-state index contributed by atoms with van der Waals surface area (Å²) in [5, 5.41) is 0. The van der Waals surface area contributed by atoms with Gasteiger partial charge < -0.3 is 43.1 Å². The van der Waals surface area contributed by atoms with E-state index in [1.807, 2.05) is 0 Å². The Balaban J connectivity index is -0.0000000865. The van der Waals surface area contributed by atoms with Crippen molar-refractivity contribution in [2.45, 2.75) is 20.8 Å². The molecular formula is C6H18AlO9P3. The second kappa shape index (κ2) is 12.7. The van der Waals surface area contributed by atoms with Crippen molar-refractivity contribution in [1.82, 2.24) is 0 Å². The van der Waals surface area contributed by atoms with Crippen LogP contribution in [0.25, 0.3) is 0 Å². The first-order valence-corrected chi connectivity index (χ1v) is 10.1. The van der Waals surface area contributed by atoms with E-state index < -0.39 is 22.8 Å². The molecule has 0 aliphatic carbocycles. The largest absolute Gasteiger partial charge is 3.00 e. The van der Waals surface area contributed by atoms with Crippen LogP contribution in [0.1, 0.15) is 20.8 Å². The van der Waals surface area contributed by atoms with Crippen molar-refractivity contribution in [2.75, 3.05) is 18.5 Å². The molecule has 0 bridgehead atoms. The summed E-state index contributed by atoms with van der Waals surface area (Å²) < 4.78 is 28.8. The normalized spacial score (nSPS) is 18.8. The molecule has 0 fully saturated rings. The molecule has 0 saturated carbocycles. The quantitative estimate of drug-likeness (QED) is 0.392. The minimum Gasteiger partial charge on any atom is -0.779 e. The van der Waals surface area contributed by atoms with Crippen LogP contribution in [0.5, 0.6) is 0 Å². The molecule has 0 aromatic carbocycles. The average molecular weight is 354 g/mol. The second-order valence-corrected chi connectivity index (χ2v) is 8.58. The maximum Gasteiger partial charge on any atom is 3.00 e. The summed E-state index contributed by atoms with van der Waals surface area (Å²) in [7, 11) is -11.7. The van der Waals surface area contributed by atoms with Crippen LogP contribution in [0.3, 0.4) is 0 Å². The van der Waals surface area contributed by atoms with Gasteiger partial charge in [0, 0.05) is 18.5 Å². The first-order valence-electron chi connectivity index (χ1n) is 4.77. The van der Waals surface area contributed by atoms with E-state index in [0.717, 1.165) is 0 Å². The van der Waals surface area contributed by atoms with Gasteiger partial charge in [0.05, 0.1) is 0 Å². The van der Waals surface area contributed by atoms with Crippen LogP contribution in [0.4, 0.5) is 0 Å². The van der Waals surface area contributed by atoms with Crippen LogP contribution in [0, 0.1) is 0 Å². The third-order valence-electron chi connectivity index (χ3n) is 1.20. The van der Waals surface area contributed by atoms with Crippen molar-refractivity contribution in [3.05, 3.63) is 0 Å². The Bertz CT molecular complexity index is 277. The zero-order valence-electron chi connectivity index (χ0n) is 10.8. The molecule has 9 nitrogen and oxygen atoms in total. The zero-order valence-corrected chi connectivity index (χ0v) is 14.7. The Morgan fingerprint density at radius 1 is 0.684 bits per heavy atom. The molecule has 3 atom stereocenters. The molecule has 0 saturated heterocycles. The van der Waals surface area contributed by atoms with Crippen molar-refractivity contribution < 1.29 is 43.1 Å². The summed E-state index contributed by atoms with van der Waals surface area (Å²) in [6.45, 7) is 4.15. The van der Waals surface area contributed by atoms with Gasteiger partial charge in [0.25, 0.3) is 0 Å². The van der Waals surface area contributed by atoms with Gasteiger partial charge in [-0.05, 0) is 0 Å². The Kier molecular flexibility index (Phi) is 18.8. The molecule has 0 rings (SSSR count). The van der Waals surface area contributed by atoms with Gasteiger partial charge in [-0.1, -0.05) is 20.8 Å². The van der Waals surface area contributed by atoms with E-state index >= 15 is 0 Å². The fraction of sp³-hybridized carbons (Fsp3) is 1.00. The fourth-order valence-electron chi connectivity index (χ4n) is 0. The maximum absolute atomic E-state index is 9.58. The molecule has 0 aliphatic rings. The topological polar surface area (TPSA) is 181 Å².